The van der Waals surface area contributed by atoms with Gasteiger partial charge >= 0.3 is 0 Å². The molecule has 2 fully saturated rings. The van der Waals surface area contributed by atoms with Crippen LogP contribution in [-0.2, 0) is 0 Å². The first-order chi connectivity index (χ1) is 7.83. The minimum atomic E-state index is -0.123. The van der Waals surface area contributed by atoms with Gasteiger partial charge < -0.3 is 5.11 Å². The van der Waals surface area contributed by atoms with E-state index in [-0.39, 0.29) is 6.10 Å². The lowest BCUT2D eigenvalue weighted by molar-refractivity contribution is 0.0717. The first-order valence-electron chi connectivity index (χ1n) is 6.43. The van der Waals surface area contributed by atoms with Gasteiger partial charge in [0.2, 0.25) is 0 Å². The molecular weight excluding hydrogens is 202 g/mol. The number of H-pyrrole nitrogens is 1. The Morgan fingerprint density at radius 2 is 1.81 bits per heavy atom. The van der Waals surface area contributed by atoms with Crippen LogP contribution in [0.5, 0.6) is 0 Å². The molecule has 1 aromatic rings. The monoisotopic (exact) mass is 221 g/mol. The zero-order valence-electron chi connectivity index (χ0n) is 9.52. The van der Waals surface area contributed by atoms with Crippen LogP contribution >= 0.6 is 0 Å². The van der Waals surface area contributed by atoms with Crippen molar-refractivity contribution in [1.82, 2.24) is 15.2 Å². The second-order valence-corrected chi connectivity index (χ2v) is 5.24. The lowest BCUT2D eigenvalue weighted by atomic mass is 9.82. The number of aliphatic hydroxyl groups is 1. The fourth-order valence-corrected chi connectivity index (χ4v) is 2.83. The molecule has 88 valence electrons. The first kappa shape index (κ1) is 10.3. The average Bonchev–Trinajstić information content (AvgIpc) is 2.75. The van der Waals surface area contributed by atoms with Crippen LogP contribution in [0.1, 0.15) is 68.4 Å². The standard InChI is InChI=1S/C12H19N3O/c16-10-6-9(7-10)12-13-11(14-15-12)8-4-2-1-3-5-8/h8-10,16H,1-7H2,(H,13,14,15). The van der Waals surface area contributed by atoms with Gasteiger partial charge in [-0.1, -0.05) is 19.3 Å². The molecule has 1 aromatic heterocycles. The summed E-state index contributed by atoms with van der Waals surface area (Å²) in [6, 6.07) is 0. The summed E-state index contributed by atoms with van der Waals surface area (Å²) < 4.78 is 0. The van der Waals surface area contributed by atoms with Gasteiger partial charge in [-0.15, -0.1) is 0 Å². The molecule has 16 heavy (non-hydrogen) atoms. The molecule has 0 radical (unpaired) electrons. The Morgan fingerprint density at radius 3 is 2.50 bits per heavy atom. The van der Waals surface area contributed by atoms with Gasteiger partial charge in [-0.2, -0.15) is 5.10 Å². The van der Waals surface area contributed by atoms with Gasteiger partial charge in [-0.25, -0.2) is 4.98 Å². The summed E-state index contributed by atoms with van der Waals surface area (Å²) in [4.78, 5) is 4.61. The van der Waals surface area contributed by atoms with Crippen molar-refractivity contribution in [2.75, 3.05) is 0 Å². The first-order valence-corrected chi connectivity index (χ1v) is 6.43. The van der Waals surface area contributed by atoms with E-state index in [1.807, 2.05) is 0 Å². The van der Waals surface area contributed by atoms with E-state index < -0.39 is 0 Å². The van der Waals surface area contributed by atoms with Crippen molar-refractivity contribution in [2.24, 2.45) is 0 Å². The molecule has 0 spiro atoms. The van der Waals surface area contributed by atoms with Crippen LogP contribution in [0.2, 0.25) is 0 Å². The van der Waals surface area contributed by atoms with E-state index in [2.05, 4.69) is 15.2 Å². The van der Waals surface area contributed by atoms with Crippen molar-refractivity contribution in [3.8, 4) is 0 Å². The number of rotatable bonds is 2. The highest BCUT2D eigenvalue weighted by Gasteiger charge is 2.32. The molecule has 4 nitrogen and oxygen atoms in total. The molecule has 2 N–H and O–H groups in total. The quantitative estimate of drug-likeness (QED) is 0.803. The Kier molecular flexibility index (Phi) is 2.67. The third kappa shape index (κ3) is 1.86. The Labute approximate surface area is 95.5 Å². The molecular formula is C12H19N3O. The van der Waals surface area contributed by atoms with E-state index in [1.54, 1.807) is 0 Å². The number of nitrogens with one attached hydrogen (secondary N) is 1. The highest BCUT2D eigenvalue weighted by atomic mass is 16.3. The second kappa shape index (κ2) is 4.17. The lowest BCUT2D eigenvalue weighted by Crippen LogP contribution is -2.27. The molecule has 0 amide bonds. The van der Waals surface area contributed by atoms with Crippen molar-refractivity contribution in [3.05, 3.63) is 11.6 Å². The van der Waals surface area contributed by atoms with E-state index in [0.29, 0.717) is 11.8 Å². The molecule has 0 bridgehead atoms. The molecule has 4 heteroatoms. The molecule has 3 rings (SSSR count). The van der Waals surface area contributed by atoms with Crippen molar-refractivity contribution in [3.63, 3.8) is 0 Å². The van der Waals surface area contributed by atoms with E-state index in [4.69, 9.17) is 0 Å². The number of aromatic nitrogens is 3. The molecule has 2 saturated carbocycles. The van der Waals surface area contributed by atoms with Gasteiger partial charge in [0.25, 0.3) is 0 Å². The zero-order chi connectivity index (χ0) is 11.0. The van der Waals surface area contributed by atoms with Gasteiger partial charge in [0.15, 0.2) is 5.82 Å². The fraction of sp³-hybridized carbons (Fsp3) is 0.833. The topological polar surface area (TPSA) is 61.8 Å². The number of nitrogens with zero attached hydrogens (tertiary/aromatic N) is 2. The summed E-state index contributed by atoms with van der Waals surface area (Å²) >= 11 is 0. The highest BCUT2D eigenvalue weighted by molar-refractivity contribution is 5.07. The Bertz CT molecular complexity index is 351. The second-order valence-electron chi connectivity index (χ2n) is 5.24. The summed E-state index contributed by atoms with van der Waals surface area (Å²) in [6.07, 6.45) is 8.06. The molecule has 0 aromatic carbocycles. The van der Waals surface area contributed by atoms with Crippen molar-refractivity contribution in [2.45, 2.75) is 62.9 Å². The molecule has 0 unspecified atom stereocenters. The summed E-state index contributed by atoms with van der Waals surface area (Å²) in [5, 5.41) is 16.7. The molecule has 2 aliphatic carbocycles. The smallest absolute Gasteiger partial charge is 0.153 e. The Balaban J connectivity index is 1.67. The molecule has 0 atom stereocenters. The third-order valence-electron chi connectivity index (χ3n) is 3.99. The summed E-state index contributed by atoms with van der Waals surface area (Å²) in [5.41, 5.74) is 0. The van der Waals surface area contributed by atoms with Crippen LogP contribution < -0.4 is 0 Å². The number of aliphatic hydroxyl groups excluding tert-OH is 1. The van der Waals surface area contributed by atoms with E-state index in [0.717, 1.165) is 24.5 Å². The Hall–Kier alpha value is -0.900. The van der Waals surface area contributed by atoms with Gasteiger partial charge in [-0.05, 0) is 25.7 Å². The van der Waals surface area contributed by atoms with Crippen molar-refractivity contribution < 1.29 is 5.11 Å². The van der Waals surface area contributed by atoms with Crippen LogP contribution in [-0.4, -0.2) is 26.4 Å². The molecule has 2 aliphatic rings. The van der Waals surface area contributed by atoms with Crippen molar-refractivity contribution in [1.29, 1.82) is 0 Å². The average molecular weight is 221 g/mol. The van der Waals surface area contributed by atoms with Crippen LogP contribution in [0.25, 0.3) is 0 Å². The van der Waals surface area contributed by atoms with Crippen LogP contribution in [0.3, 0.4) is 0 Å². The predicted octanol–water partition coefficient (Wildman–Crippen LogP) is 2.09. The van der Waals surface area contributed by atoms with Crippen LogP contribution in [0.15, 0.2) is 0 Å². The largest absolute Gasteiger partial charge is 0.393 e. The Morgan fingerprint density at radius 1 is 1.06 bits per heavy atom. The minimum absolute atomic E-state index is 0.123. The van der Waals surface area contributed by atoms with Crippen LogP contribution in [0, 0.1) is 0 Å². The number of hydrogen-bond acceptors (Lipinski definition) is 3. The number of aromatic amines is 1. The van der Waals surface area contributed by atoms with Gasteiger partial charge in [0, 0.05) is 11.8 Å². The van der Waals surface area contributed by atoms with Gasteiger partial charge in [-0.3, -0.25) is 5.10 Å². The zero-order valence-corrected chi connectivity index (χ0v) is 9.52. The summed E-state index contributed by atoms with van der Waals surface area (Å²) in [7, 11) is 0. The summed E-state index contributed by atoms with van der Waals surface area (Å²) in [5.74, 6) is 2.99. The predicted molar refractivity (Wildman–Crippen MR) is 60.2 cm³/mol. The molecule has 0 saturated heterocycles. The van der Waals surface area contributed by atoms with Gasteiger partial charge in [0.05, 0.1) is 6.10 Å². The fourth-order valence-electron chi connectivity index (χ4n) is 2.83. The molecule has 1 heterocycles. The maximum absolute atomic E-state index is 9.27. The summed E-state index contributed by atoms with van der Waals surface area (Å²) in [6.45, 7) is 0. The van der Waals surface area contributed by atoms with E-state index >= 15 is 0 Å². The van der Waals surface area contributed by atoms with E-state index in [9.17, 15) is 5.11 Å². The van der Waals surface area contributed by atoms with Gasteiger partial charge in [0.1, 0.15) is 5.82 Å². The highest BCUT2D eigenvalue weighted by Crippen LogP contribution is 2.36. The van der Waals surface area contributed by atoms with Crippen molar-refractivity contribution >= 4 is 0 Å². The third-order valence-corrected chi connectivity index (χ3v) is 3.99. The molecule has 0 aliphatic heterocycles. The SMILES string of the molecule is OC1CC(c2n[nH]c(C3CCCCC3)n2)C1. The normalized spacial score (nSPS) is 31.3. The van der Waals surface area contributed by atoms with E-state index in [1.165, 1.54) is 32.1 Å². The van der Waals surface area contributed by atoms with Crippen LogP contribution in [0.4, 0.5) is 0 Å². The maximum atomic E-state index is 9.27. The maximum Gasteiger partial charge on any atom is 0.153 e. The minimum Gasteiger partial charge on any atom is -0.393 e. The number of hydrogen-bond donors (Lipinski definition) is 2. The lowest BCUT2D eigenvalue weighted by Gasteiger charge is -2.28.